The molecular formula is C11H12INO4. The third kappa shape index (κ3) is 3.97. The molecule has 1 atom stereocenters. The molecule has 0 aliphatic rings. The van der Waals surface area contributed by atoms with Crippen LogP contribution < -0.4 is 5.32 Å². The number of aliphatic carboxylic acids is 1. The molecule has 0 fully saturated rings. The summed E-state index contributed by atoms with van der Waals surface area (Å²) in [5.74, 6) is -1.41. The molecule has 0 saturated heterocycles. The number of hydrogen-bond donors (Lipinski definition) is 2. The number of carbonyl (C=O) groups excluding carboxylic acids is 1. The molecule has 1 aromatic rings. The van der Waals surface area contributed by atoms with E-state index in [1.54, 1.807) is 18.2 Å². The first-order chi connectivity index (χ1) is 8.06. The van der Waals surface area contributed by atoms with E-state index in [1.807, 2.05) is 28.7 Å². The van der Waals surface area contributed by atoms with Gasteiger partial charge in [0, 0.05) is 10.7 Å². The Morgan fingerprint density at radius 1 is 1.47 bits per heavy atom. The van der Waals surface area contributed by atoms with E-state index in [2.05, 4.69) is 5.32 Å². The zero-order valence-electron chi connectivity index (χ0n) is 9.14. The zero-order valence-corrected chi connectivity index (χ0v) is 11.3. The van der Waals surface area contributed by atoms with Crippen LogP contribution in [-0.4, -0.2) is 36.7 Å². The van der Waals surface area contributed by atoms with Gasteiger partial charge in [0.2, 0.25) is 0 Å². The maximum absolute atomic E-state index is 11.7. The molecule has 0 heterocycles. The van der Waals surface area contributed by atoms with Crippen molar-refractivity contribution in [3.8, 4) is 0 Å². The first-order valence-electron chi connectivity index (χ1n) is 4.84. The van der Waals surface area contributed by atoms with Gasteiger partial charge in [-0.1, -0.05) is 12.1 Å². The van der Waals surface area contributed by atoms with Crippen molar-refractivity contribution in [3.05, 3.63) is 33.4 Å². The smallest absolute Gasteiger partial charge is 0.334 e. The van der Waals surface area contributed by atoms with E-state index in [9.17, 15) is 9.59 Å². The van der Waals surface area contributed by atoms with Crippen LogP contribution in [0, 0.1) is 3.57 Å². The van der Waals surface area contributed by atoms with Crippen molar-refractivity contribution >= 4 is 34.5 Å². The minimum atomic E-state index is -1.10. The second-order valence-electron chi connectivity index (χ2n) is 3.25. The van der Waals surface area contributed by atoms with Crippen LogP contribution in [0.25, 0.3) is 0 Å². The molecule has 0 aliphatic carbocycles. The maximum Gasteiger partial charge on any atom is 0.334 e. The van der Waals surface area contributed by atoms with Crippen LogP contribution in [0.2, 0.25) is 0 Å². The van der Waals surface area contributed by atoms with Gasteiger partial charge >= 0.3 is 5.97 Å². The van der Waals surface area contributed by atoms with E-state index in [0.717, 1.165) is 3.57 Å². The molecule has 0 radical (unpaired) electrons. The van der Waals surface area contributed by atoms with E-state index in [0.29, 0.717) is 5.56 Å². The molecule has 2 N–H and O–H groups in total. The zero-order chi connectivity index (χ0) is 12.8. The van der Waals surface area contributed by atoms with Crippen LogP contribution in [0.15, 0.2) is 24.3 Å². The number of carbonyl (C=O) groups is 2. The monoisotopic (exact) mass is 349 g/mol. The van der Waals surface area contributed by atoms with Gasteiger partial charge in [0.15, 0.2) is 6.10 Å². The average molecular weight is 349 g/mol. The fourth-order valence-corrected chi connectivity index (χ4v) is 1.83. The van der Waals surface area contributed by atoms with E-state index in [4.69, 9.17) is 9.84 Å². The summed E-state index contributed by atoms with van der Waals surface area (Å²) in [6, 6.07) is 7.07. The highest BCUT2D eigenvalue weighted by Crippen LogP contribution is 2.10. The van der Waals surface area contributed by atoms with E-state index in [-0.39, 0.29) is 12.5 Å². The number of amides is 1. The first kappa shape index (κ1) is 13.9. The molecule has 6 heteroatoms. The SMILES string of the molecule is COC(CNC(=O)c1ccccc1I)C(=O)O. The fraction of sp³-hybridized carbons (Fsp3) is 0.273. The number of methoxy groups -OCH3 is 1. The van der Waals surface area contributed by atoms with Crippen LogP contribution in [0.4, 0.5) is 0 Å². The van der Waals surface area contributed by atoms with Crippen molar-refractivity contribution in [2.24, 2.45) is 0 Å². The third-order valence-electron chi connectivity index (χ3n) is 2.13. The molecule has 5 nitrogen and oxygen atoms in total. The summed E-state index contributed by atoms with van der Waals surface area (Å²) in [5, 5.41) is 11.3. The Labute approximate surface area is 112 Å². The minimum Gasteiger partial charge on any atom is -0.479 e. The van der Waals surface area contributed by atoms with Gasteiger partial charge in [-0.2, -0.15) is 0 Å². The van der Waals surface area contributed by atoms with E-state index >= 15 is 0 Å². The van der Waals surface area contributed by atoms with Gasteiger partial charge in [-0.15, -0.1) is 0 Å². The summed E-state index contributed by atoms with van der Waals surface area (Å²) in [6.45, 7) is -0.0599. The molecule has 1 unspecified atom stereocenters. The molecule has 0 spiro atoms. The predicted molar refractivity (Wildman–Crippen MR) is 69.9 cm³/mol. The fourth-order valence-electron chi connectivity index (χ4n) is 1.20. The summed E-state index contributed by atoms with van der Waals surface area (Å²) in [5.41, 5.74) is 0.522. The lowest BCUT2D eigenvalue weighted by atomic mass is 10.2. The highest BCUT2D eigenvalue weighted by molar-refractivity contribution is 14.1. The van der Waals surface area contributed by atoms with Crippen molar-refractivity contribution < 1.29 is 19.4 Å². The summed E-state index contributed by atoms with van der Waals surface area (Å²) < 4.78 is 5.52. The molecular weight excluding hydrogens is 337 g/mol. The molecule has 1 rings (SSSR count). The molecule has 0 aliphatic heterocycles. The van der Waals surface area contributed by atoms with Crippen LogP contribution in [0.1, 0.15) is 10.4 Å². The van der Waals surface area contributed by atoms with Crippen molar-refractivity contribution in [1.29, 1.82) is 0 Å². The van der Waals surface area contributed by atoms with Gasteiger partial charge in [0.25, 0.3) is 5.91 Å². The van der Waals surface area contributed by atoms with Crippen LogP contribution in [-0.2, 0) is 9.53 Å². The number of nitrogens with one attached hydrogen (secondary N) is 1. The van der Waals surface area contributed by atoms with Gasteiger partial charge in [-0.25, -0.2) is 4.79 Å². The van der Waals surface area contributed by atoms with E-state index in [1.165, 1.54) is 7.11 Å². The van der Waals surface area contributed by atoms with Crippen LogP contribution in [0.3, 0.4) is 0 Å². The highest BCUT2D eigenvalue weighted by atomic mass is 127. The van der Waals surface area contributed by atoms with E-state index < -0.39 is 12.1 Å². The number of halogens is 1. The Bertz CT molecular complexity index is 422. The van der Waals surface area contributed by atoms with Gasteiger partial charge in [-0.3, -0.25) is 4.79 Å². The molecule has 17 heavy (non-hydrogen) atoms. The average Bonchev–Trinajstić information content (AvgIpc) is 2.29. The van der Waals surface area contributed by atoms with Gasteiger partial charge in [0.05, 0.1) is 12.1 Å². The lowest BCUT2D eigenvalue weighted by molar-refractivity contribution is -0.148. The molecule has 92 valence electrons. The number of ether oxygens (including phenoxy) is 1. The van der Waals surface area contributed by atoms with Gasteiger partial charge in [0.1, 0.15) is 0 Å². The molecule has 1 amide bonds. The first-order valence-corrected chi connectivity index (χ1v) is 5.92. The normalized spacial score (nSPS) is 11.9. The second-order valence-corrected chi connectivity index (χ2v) is 4.41. The molecule has 1 aromatic carbocycles. The Morgan fingerprint density at radius 3 is 2.65 bits per heavy atom. The van der Waals surface area contributed by atoms with Crippen LogP contribution in [0.5, 0.6) is 0 Å². The predicted octanol–water partition coefficient (Wildman–Crippen LogP) is 1.12. The summed E-state index contributed by atoms with van der Waals surface area (Å²) in [6.07, 6.45) is -1.03. The topological polar surface area (TPSA) is 75.6 Å². The summed E-state index contributed by atoms with van der Waals surface area (Å²) in [4.78, 5) is 22.4. The van der Waals surface area contributed by atoms with Crippen molar-refractivity contribution in [2.45, 2.75) is 6.10 Å². The van der Waals surface area contributed by atoms with Crippen LogP contribution >= 0.6 is 22.6 Å². The van der Waals surface area contributed by atoms with Crippen molar-refractivity contribution in [2.75, 3.05) is 13.7 Å². The molecule has 0 aromatic heterocycles. The van der Waals surface area contributed by atoms with Crippen molar-refractivity contribution in [3.63, 3.8) is 0 Å². The number of hydrogen-bond acceptors (Lipinski definition) is 3. The van der Waals surface area contributed by atoms with Gasteiger partial charge in [-0.05, 0) is 34.7 Å². The Hall–Kier alpha value is -1.15. The van der Waals surface area contributed by atoms with Crippen molar-refractivity contribution in [1.82, 2.24) is 5.32 Å². The lowest BCUT2D eigenvalue weighted by Crippen LogP contribution is -2.38. The Kier molecular flexibility index (Phi) is 5.36. The summed E-state index contributed by atoms with van der Waals surface area (Å²) in [7, 11) is 1.29. The number of carboxylic acids is 1. The number of benzene rings is 1. The minimum absolute atomic E-state index is 0.0599. The Balaban J connectivity index is 2.62. The lowest BCUT2D eigenvalue weighted by Gasteiger charge is -2.12. The largest absolute Gasteiger partial charge is 0.479 e. The third-order valence-corrected chi connectivity index (χ3v) is 3.07. The second kappa shape index (κ2) is 6.55. The Morgan fingerprint density at radius 2 is 2.12 bits per heavy atom. The molecule has 0 bridgehead atoms. The number of carboxylic acid groups (broad SMARTS) is 1. The van der Waals surface area contributed by atoms with Gasteiger partial charge < -0.3 is 15.2 Å². The number of rotatable bonds is 5. The quantitative estimate of drug-likeness (QED) is 0.782. The highest BCUT2D eigenvalue weighted by Gasteiger charge is 2.18. The standard InChI is InChI=1S/C11H12INO4/c1-17-9(11(15)16)6-13-10(14)7-4-2-3-5-8(7)12/h2-5,9H,6H2,1H3,(H,13,14)(H,15,16). The molecule has 0 saturated carbocycles. The maximum atomic E-state index is 11.7. The summed E-state index contributed by atoms with van der Waals surface area (Å²) >= 11 is 2.05.